The second-order valence-electron chi connectivity index (χ2n) is 8.20. The number of piperidine rings is 1. The summed E-state index contributed by atoms with van der Waals surface area (Å²) in [6.07, 6.45) is -11.8. The summed E-state index contributed by atoms with van der Waals surface area (Å²) in [5.41, 5.74) is 0.595. The fourth-order valence-corrected chi connectivity index (χ4v) is 3.20. The lowest BCUT2D eigenvalue weighted by Crippen LogP contribution is -2.53. The van der Waals surface area contributed by atoms with Gasteiger partial charge in [0.15, 0.2) is 6.10 Å². The van der Waals surface area contributed by atoms with E-state index in [1.165, 1.54) is 0 Å². The molecule has 0 aromatic carbocycles. The molecule has 2 aromatic heterocycles. The number of halogens is 6. The highest BCUT2D eigenvalue weighted by atomic mass is 19.4. The van der Waals surface area contributed by atoms with E-state index >= 15 is 0 Å². The summed E-state index contributed by atoms with van der Waals surface area (Å²) in [4.78, 5) is 42.7. The largest absolute Gasteiger partial charge is 0.490 e. The van der Waals surface area contributed by atoms with Crippen molar-refractivity contribution >= 4 is 35.6 Å². The Morgan fingerprint density at radius 2 is 1.79 bits per heavy atom. The third kappa shape index (κ3) is 9.82. The molecule has 5 N–H and O–H groups in total. The topological polar surface area (TPSA) is 183 Å². The summed E-state index contributed by atoms with van der Waals surface area (Å²) in [5.74, 6) is -3.55. The third-order valence-corrected chi connectivity index (χ3v) is 5.00. The predicted molar refractivity (Wildman–Crippen MR) is 119 cm³/mol. The molecule has 216 valence electrons. The first-order valence-electron chi connectivity index (χ1n) is 10.9. The lowest BCUT2D eigenvalue weighted by molar-refractivity contribution is -0.197. The summed E-state index contributed by atoms with van der Waals surface area (Å²) in [5, 5.41) is 28.5. The van der Waals surface area contributed by atoms with Crippen LogP contribution in [0.25, 0.3) is 0 Å². The summed E-state index contributed by atoms with van der Waals surface area (Å²) < 4.78 is 74.0. The summed E-state index contributed by atoms with van der Waals surface area (Å²) in [6.45, 7) is 2.59. The molecule has 13 nitrogen and oxygen atoms in total. The molecule has 1 saturated heterocycles. The quantitative estimate of drug-likeness (QED) is 0.322. The lowest BCUT2D eigenvalue weighted by atomic mass is 9.94. The van der Waals surface area contributed by atoms with Crippen molar-refractivity contribution in [1.82, 2.24) is 25.5 Å². The van der Waals surface area contributed by atoms with Crippen molar-refractivity contribution in [2.24, 2.45) is 5.92 Å². The number of carbonyl (C=O) groups is 3. The number of carboxylic acids is 2. The Hall–Kier alpha value is -4.32. The van der Waals surface area contributed by atoms with Crippen molar-refractivity contribution in [1.29, 1.82) is 0 Å². The number of alkyl carbamates (subject to hydrolysis) is 1. The summed E-state index contributed by atoms with van der Waals surface area (Å²) in [6, 6.07) is 2.58. The zero-order valence-corrected chi connectivity index (χ0v) is 20.2. The van der Waals surface area contributed by atoms with Crippen molar-refractivity contribution in [3.8, 4) is 0 Å². The Labute approximate surface area is 215 Å². The van der Waals surface area contributed by atoms with Crippen LogP contribution in [-0.4, -0.2) is 86.0 Å². The second kappa shape index (κ2) is 12.5. The van der Waals surface area contributed by atoms with E-state index in [1.807, 2.05) is 0 Å². The number of aromatic amines is 1. The minimum absolute atomic E-state index is 0.0202. The Morgan fingerprint density at radius 3 is 2.31 bits per heavy atom. The van der Waals surface area contributed by atoms with Gasteiger partial charge in [0.05, 0.1) is 18.2 Å². The number of carbonyl (C=O) groups excluding carboxylic acids is 1. The van der Waals surface area contributed by atoms with E-state index < -0.39 is 48.4 Å². The monoisotopic (exact) mass is 571 g/mol. The first-order chi connectivity index (χ1) is 18.0. The van der Waals surface area contributed by atoms with Gasteiger partial charge in [0, 0.05) is 30.9 Å². The third-order valence-electron chi connectivity index (χ3n) is 5.00. The number of nitrogens with one attached hydrogen (secondary N) is 3. The van der Waals surface area contributed by atoms with Gasteiger partial charge in [-0.25, -0.2) is 14.6 Å². The van der Waals surface area contributed by atoms with E-state index in [0.717, 1.165) is 0 Å². The Bertz CT molecular complexity index is 1150. The molecule has 0 saturated carbocycles. The fraction of sp³-hybridized carbons (Fsp3) is 0.500. The van der Waals surface area contributed by atoms with Crippen molar-refractivity contribution in [2.75, 3.05) is 23.3 Å². The van der Waals surface area contributed by atoms with Gasteiger partial charge < -0.3 is 30.5 Å². The molecule has 0 unspecified atom stereocenters. The van der Waals surface area contributed by atoms with Gasteiger partial charge in [-0.3, -0.25) is 9.89 Å². The number of aryl methyl sites for hydroxylation is 1. The lowest BCUT2D eigenvalue weighted by Gasteiger charge is -2.36. The highest BCUT2D eigenvalue weighted by Gasteiger charge is 2.40. The number of hydrogen-bond donors (Lipinski definition) is 5. The maximum absolute atomic E-state index is 12.6. The number of carboxylic acid groups (broad SMARTS) is 2. The zero-order chi connectivity index (χ0) is 29.5. The minimum Gasteiger partial charge on any atom is -0.481 e. The van der Waals surface area contributed by atoms with Crippen LogP contribution in [0.1, 0.15) is 19.0 Å². The van der Waals surface area contributed by atoms with E-state index in [0.29, 0.717) is 24.3 Å². The van der Waals surface area contributed by atoms with Gasteiger partial charge in [0.1, 0.15) is 11.6 Å². The second-order valence-corrected chi connectivity index (χ2v) is 8.20. The molecule has 0 bridgehead atoms. The standard InChI is InChI=1S/C18H22F3N7O4.C2HF3O2/c1-9-5-14(25-13-3-4-22-27-13)26-16(23-9)28-7-11(15(29)30)6-12(8-28)24-17(31)32-10(2)18(19,20)21;3-2(4,5)1(6)7/h3-5,10-12H,6-8H2,1-2H3,(H,24,31)(H,29,30)(H2,22,23,25,26,27);(H,6,7)/t10-,11-,12-;/m0./s1. The number of nitrogens with zero attached hydrogens (tertiary/aromatic N) is 4. The van der Waals surface area contributed by atoms with E-state index in [4.69, 9.17) is 9.90 Å². The van der Waals surface area contributed by atoms with Crippen molar-refractivity contribution < 1.29 is 55.7 Å². The Kier molecular flexibility index (Phi) is 9.89. The Morgan fingerprint density at radius 1 is 1.15 bits per heavy atom. The van der Waals surface area contributed by atoms with Crippen LogP contribution in [0, 0.1) is 12.8 Å². The minimum atomic E-state index is -5.08. The molecule has 3 rings (SSSR count). The van der Waals surface area contributed by atoms with Gasteiger partial charge >= 0.3 is 30.4 Å². The average Bonchev–Trinajstić information content (AvgIpc) is 3.30. The molecule has 3 heterocycles. The normalized spacial score (nSPS) is 18.3. The van der Waals surface area contributed by atoms with Crippen LogP contribution in [0.5, 0.6) is 0 Å². The maximum Gasteiger partial charge on any atom is 0.490 e. The molecular formula is C20H23F6N7O6. The number of aromatic nitrogens is 4. The SMILES string of the molecule is Cc1cc(Nc2ccn[nH]2)nc(N2C[C@@H](NC(=O)O[C@@H](C)C(F)(F)F)C[C@H](C(=O)O)C2)n1.O=C(O)C(F)(F)F. The molecule has 39 heavy (non-hydrogen) atoms. The van der Waals surface area contributed by atoms with Gasteiger partial charge in [-0.15, -0.1) is 0 Å². The van der Waals surface area contributed by atoms with Crippen LogP contribution in [0.4, 0.5) is 48.7 Å². The van der Waals surface area contributed by atoms with Gasteiger partial charge in [-0.05, 0) is 20.3 Å². The molecule has 1 fully saturated rings. The van der Waals surface area contributed by atoms with E-state index in [9.17, 15) is 41.0 Å². The molecule has 1 amide bonds. The summed E-state index contributed by atoms with van der Waals surface area (Å²) >= 11 is 0. The number of hydrogen-bond acceptors (Lipinski definition) is 9. The highest BCUT2D eigenvalue weighted by molar-refractivity contribution is 5.73. The molecule has 2 aromatic rings. The number of aliphatic carboxylic acids is 2. The number of amides is 1. The smallest absolute Gasteiger partial charge is 0.481 e. The predicted octanol–water partition coefficient (Wildman–Crippen LogP) is 2.84. The highest BCUT2D eigenvalue weighted by Crippen LogP contribution is 2.25. The fourth-order valence-electron chi connectivity index (χ4n) is 3.20. The molecule has 19 heteroatoms. The molecule has 0 spiro atoms. The van der Waals surface area contributed by atoms with Crippen molar-refractivity contribution in [3.63, 3.8) is 0 Å². The number of rotatable bonds is 6. The zero-order valence-electron chi connectivity index (χ0n) is 20.2. The van der Waals surface area contributed by atoms with E-state index in [-0.39, 0.29) is 25.5 Å². The summed E-state index contributed by atoms with van der Waals surface area (Å²) in [7, 11) is 0. The number of alkyl halides is 6. The molecule has 3 atom stereocenters. The van der Waals surface area contributed by atoms with Crippen molar-refractivity contribution in [3.05, 3.63) is 24.0 Å². The first kappa shape index (κ1) is 30.9. The Balaban J connectivity index is 0.000000673. The van der Waals surface area contributed by atoms with Crippen LogP contribution >= 0.6 is 0 Å². The van der Waals surface area contributed by atoms with Crippen LogP contribution in [0.2, 0.25) is 0 Å². The van der Waals surface area contributed by atoms with Gasteiger partial charge in [0.25, 0.3) is 0 Å². The molecule has 1 aliphatic heterocycles. The van der Waals surface area contributed by atoms with Crippen LogP contribution in [-0.2, 0) is 14.3 Å². The van der Waals surface area contributed by atoms with Crippen LogP contribution in [0.15, 0.2) is 18.3 Å². The molecule has 0 radical (unpaired) electrons. The molecule has 1 aliphatic rings. The number of ether oxygens (including phenoxy) is 1. The van der Waals surface area contributed by atoms with E-state index in [2.05, 4.69) is 35.5 Å². The maximum atomic E-state index is 12.6. The van der Waals surface area contributed by atoms with Crippen LogP contribution in [0.3, 0.4) is 0 Å². The van der Waals surface area contributed by atoms with Gasteiger partial charge in [0.2, 0.25) is 5.95 Å². The van der Waals surface area contributed by atoms with Crippen LogP contribution < -0.4 is 15.5 Å². The van der Waals surface area contributed by atoms with Gasteiger partial charge in [-0.2, -0.15) is 36.4 Å². The number of H-pyrrole nitrogens is 1. The molecular weight excluding hydrogens is 548 g/mol. The average molecular weight is 571 g/mol. The van der Waals surface area contributed by atoms with Gasteiger partial charge in [-0.1, -0.05) is 0 Å². The number of anilines is 3. The van der Waals surface area contributed by atoms with Crippen molar-refractivity contribution in [2.45, 2.75) is 44.8 Å². The molecule has 0 aliphatic carbocycles. The van der Waals surface area contributed by atoms with E-state index in [1.54, 1.807) is 30.2 Å². The first-order valence-corrected chi connectivity index (χ1v) is 10.9.